The van der Waals surface area contributed by atoms with Gasteiger partial charge in [-0.3, -0.25) is 10.1 Å². The van der Waals surface area contributed by atoms with E-state index >= 15 is 0 Å². The topological polar surface area (TPSA) is 59.6 Å². The van der Waals surface area contributed by atoms with Crippen molar-refractivity contribution in [1.29, 1.82) is 0 Å². The Morgan fingerprint density at radius 1 is 1.22 bits per heavy atom. The van der Waals surface area contributed by atoms with Gasteiger partial charge in [0.1, 0.15) is 0 Å². The molecule has 0 saturated heterocycles. The lowest BCUT2D eigenvalue weighted by Crippen LogP contribution is -2.55. The number of carbonyl (C=O) groups excluding carboxylic acids is 1. The summed E-state index contributed by atoms with van der Waals surface area (Å²) < 4.78 is 11.0. The smallest absolute Gasteiger partial charge is 0.240 e. The number of benzene rings is 1. The van der Waals surface area contributed by atoms with Crippen molar-refractivity contribution in [2.45, 2.75) is 50.6 Å². The van der Waals surface area contributed by atoms with Gasteiger partial charge in [-0.1, -0.05) is 25.0 Å². The SMILES string of the molecule is O=C(NCC1CC1)C1(NCc2cccc3c2OCO3)CCCC1. The number of carbonyl (C=O) groups is 1. The molecule has 2 saturated carbocycles. The van der Waals surface area contributed by atoms with Crippen LogP contribution in [0.15, 0.2) is 18.2 Å². The molecule has 1 amide bonds. The maximum absolute atomic E-state index is 12.7. The predicted octanol–water partition coefficient (Wildman–Crippen LogP) is 2.34. The highest BCUT2D eigenvalue weighted by Gasteiger charge is 2.41. The van der Waals surface area contributed by atoms with Gasteiger partial charge in [-0.25, -0.2) is 0 Å². The third-order valence-electron chi connectivity index (χ3n) is 5.24. The first kappa shape index (κ1) is 14.8. The number of ether oxygens (including phenoxy) is 2. The van der Waals surface area contributed by atoms with Gasteiger partial charge >= 0.3 is 0 Å². The zero-order valence-electron chi connectivity index (χ0n) is 13.4. The van der Waals surface area contributed by atoms with Gasteiger partial charge in [0.05, 0.1) is 5.54 Å². The molecule has 0 spiro atoms. The van der Waals surface area contributed by atoms with E-state index in [4.69, 9.17) is 9.47 Å². The lowest BCUT2D eigenvalue weighted by molar-refractivity contribution is -0.127. The Balaban J connectivity index is 1.44. The maximum atomic E-state index is 12.7. The Bertz CT molecular complexity index is 592. The van der Waals surface area contributed by atoms with Crippen LogP contribution in [0.3, 0.4) is 0 Å². The van der Waals surface area contributed by atoms with Crippen LogP contribution >= 0.6 is 0 Å². The average Bonchev–Trinajstić information content (AvgIpc) is 3.07. The molecule has 1 heterocycles. The number of nitrogens with one attached hydrogen (secondary N) is 2. The second-order valence-electron chi connectivity index (χ2n) is 6.95. The zero-order valence-corrected chi connectivity index (χ0v) is 13.4. The van der Waals surface area contributed by atoms with Crippen molar-refractivity contribution >= 4 is 5.91 Å². The summed E-state index contributed by atoms with van der Waals surface area (Å²) in [6.07, 6.45) is 6.56. The number of hydrogen-bond acceptors (Lipinski definition) is 4. The van der Waals surface area contributed by atoms with Crippen molar-refractivity contribution in [3.63, 3.8) is 0 Å². The normalized spacial score (nSPS) is 21.4. The summed E-state index contributed by atoms with van der Waals surface area (Å²) in [7, 11) is 0. The van der Waals surface area contributed by atoms with E-state index in [9.17, 15) is 4.79 Å². The van der Waals surface area contributed by atoms with E-state index in [1.807, 2.05) is 18.2 Å². The summed E-state index contributed by atoms with van der Waals surface area (Å²) in [6.45, 7) is 1.74. The van der Waals surface area contributed by atoms with Gasteiger partial charge in [0.25, 0.3) is 0 Å². The Hall–Kier alpha value is -1.75. The molecular formula is C18H24N2O3. The van der Waals surface area contributed by atoms with E-state index in [-0.39, 0.29) is 12.7 Å². The van der Waals surface area contributed by atoms with Gasteiger partial charge in [-0.2, -0.15) is 0 Å². The van der Waals surface area contributed by atoms with Crippen LogP contribution in [0.5, 0.6) is 11.5 Å². The zero-order chi connectivity index (χ0) is 15.7. The third-order valence-corrected chi connectivity index (χ3v) is 5.24. The van der Waals surface area contributed by atoms with Gasteiger partial charge in [0.2, 0.25) is 12.7 Å². The maximum Gasteiger partial charge on any atom is 0.240 e. The van der Waals surface area contributed by atoms with E-state index < -0.39 is 5.54 Å². The van der Waals surface area contributed by atoms with E-state index in [1.165, 1.54) is 12.8 Å². The molecule has 23 heavy (non-hydrogen) atoms. The van der Waals surface area contributed by atoms with Gasteiger partial charge in [-0.05, 0) is 37.7 Å². The number of hydrogen-bond donors (Lipinski definition) is 2. The van der Waals surface area contributed by atoms with Crippen LogP contribution in [0.4, 0.5) is 0 Å². The number of amides is 1. The molecule has 0 radical (unpaired) electrons. The molecule has 2 aliphatic carbocycles. The molecule has 1 aromatic carbocycles. The molecule has 0 aromatic heterocycles. The number of rotatable bonds is 6. The fraction of sp³-hybridized carbons (Fsp3) is 0.611. The first-order valence-corrected chi connectivity index (χ1v) is 8.68. The lowest BCUT2D eigenvalue weighted by Gasteiger charge is -2.29. The van der Waals surface area contributed by atoms with Gasteiger partial charge in [0, 0.05) is 18.7 Å². The van der Waals surface area contributed by atoms with Crippen LogP contribution in [0.25, 0.3) is 0 Å². The number of fused-ring (bicyclic) bond motifs is 1. The number of para-hydroxylation sites is 1. The second kappa shape index (κ2) is 6.04. The molecule has 1 aromatic rings. The van der Waals surface area contributed by atoms with Crippen molar-refractivity contribution in [2.24, 2.45) is 5.92 Å². The van der Waals surface area contributed by atoms with Crippen LogP contribution in [-0.4, -0.2) is 24.8 Å². The Kier molecular flexibility index (Phi) is 3.89. The largest absolute Gasteiger partial charge is 0.454 e. The molecule has 2 fully saturated rings. The second-order valence-corrected chi connectivity index (χ2v) is 6.95. The monoisotopic (exact) mass is 316 g/mol. The molecule has 5 nitrogen and oxygen atoms in total. The molecule has 3 aliphatic rings. The van der Waals surface area contributed by atoms with Crippen LogP contribution in [-0.2, 0) is 11.3 Å². The summed E-state index contributed by atoms with van der Waals surface area (Å²) in [5.74, 6) is 2.49. The third kappa shape index (κ3) is 3.02. The fourth-order valence-corrected chi connectivity index (χ4v) is 3.59. The fourth-order valence-electron chi connectivity index (χ4n) is 3.59. The lowest BCUT2D eigenvalue weighted by atomic mass is 9.95. The Morgan fingerprint density at radius 2 is 2.04 bits per heavy atom. The van der Waals surface area contributed by atoms with E-state index in [0.29, 0.717) is 12.5 Å². The average molecular weight is 316 g/mol. The minimum absolute atomic E-state index is 0.173. The summed E-state index contributed by atoms with van der Waals surface area (Å²) in [4.78, 5) is 12.7. The predicted molar refractivity (Wildman–Crippen MR) is 86.3 cm³/mol. The molecule has 5 heteroatoms. The molecule has 4 rings (SSSR count). The van der Waals surface area contributed by atoms with Crippen molar-refractivity contribution in [2.75, 3.05) is 13.3 Å². The molecule has 1 aliphatic heterocycles. The first-order chi connectivity index (χ1) is 11.3. The van der Waals surface area contributed by atoms with Crippen molar-refractivity contribution in [3.05, 3.63) is 23.8 Å². The Labute approximate surface area is 136 Å². The molecule has 0 bridgehead atoms. The molecule has 0 atom stereocenters. The molecule has 0 unspecified atom stereocenters. The molecular weight excluding hydrogens is 292 g/mol. The van der Waals surface area contributed by atoms with Gasteiger partial charge in [-0.15, -0.1) is 0 Å². The van der Waals surface area contributed by atoms with Crippen molar-refractivity contribution < 1.29 is 14.3 Å². The highest BCUT2D eigenvalue weighted by atomic mass is 16.7. The molecule has 2 N–H and O–H groups in total. The van der Waals surface area contributed by atoms with Gasteiger partial charge in [0.15, 0.2) is 11.5 Å². The summed E-state index contributed by atoms with van der Waals surface area (Å²) in [6, 6.07) is 5.92. The van der Waals surface area contributed by atoms with E-state index in [1.54, 1.807) is 0 Å². The van der Waals surface area contributed by atoms with Crippen LogP contribution in [0, 0.1) is 5.92 Å². The minimum atomic E-state index is -0.420. The van der Waals surface area contributed by atoms with Crippen molar-refractivity contribution in [3.8, 4) is 11.5 Å². The highest BCUT2D eigenvalue weighted by Crippen LogP contribution is 2.37. The summed E-state index contributed by atoms with van der Waals surface area (Å²) >= 11 is 0. The standard InChI is InChI=1S/C18H24N2O3/c21-17(19-10-13-6-7-13)18(8-1-2-9-18)20-11-14-4-3-5-15-16(14)23-12-22-15/h3-5,13,20H,1-2,6-12H2,(H,19,21). The first-order valence-electron chi connectivity index (χ1n) is 8.68. The van der Waals surface area contributed by atoms with Crippen LogP contribution in [0.2, 0.25) is 0 Å². The van der Waals surface area contributed by atoms with E-state index in [2.05, 4.69) is 10.6 Å². The molecule has 124 valence electrons. The van der Waals surface area contributed by atoms with Crippen LogP contribution in [0.1, 0.15) is 44.1 Å². The quantitative estimate of drug-likeness (QED) is 0.846. The minimum Gasteiger partial charge on any atom is -0.454 e. The van der Waals surface area contributed by atoms with E-state index in [0.717, 1.165) is 49.3 Å². The van der Waals surface area contributed by atoms with Crippen LogP contribution < -0.4 is 20.1 Å². The highest BCUT2D eigenvalue weighted by molar-refractivity contribution is 5.86. The summed E-state index contributed by atoms with van der Waals surface area (Å²) in [5, 5.41) is 6.70. The Morgan fingerprint density at radius 3 is 2.83 bits per heavy atom. The van der Waals surface area contributed by atoms with Gasteiger partial charge < -0.3 is 14.8 Å². The summed E-state index contributed by atoms with van der Waals surface area (Å²) in [5.41, 5.74) is 0.637. The van der Waals surface area contributed by atoms with Crippen molar-refractivity contribution in [1.82, 2.24) is 10.6 Å².